The smallest absolute Gasteiger partial charge is 0.00460 e. The van der Waals surface area contributed by atoms with Gasteiger partial charge in [0, 0.05) is 5.92 Å². The van der Waals surface area contributed by atoms with Gasteiger partial charge in [0.15, 0.2) is 0 Å². The highest BCUT2D eigenvalue weighted by atomic mass is 14.2. The highest BCUT2D eigenvalue weighted by Crippen LogP contribution is 2.32. The topological polar surface area (TPSA) is 0 Å². The van der Waals surface area contributed by atoms with E-state index in [4.69, 9.17) is 0 Å². The number of hydrogen-bond acceptors (Lipinski definition) is 0. The molecule has 0 saturated carbocycles. The molecule has 0 N–H and O–H groups in total. The Kier molecular flexibility index (Phi) is 6.69. The predicted molar refractivity (Wildman–Crippen MR) is 77.3 cm³/mol. The van der Waals surface area contributed by atoms with Gasteiger partial charge in [0.05, 0.1) is 0 Å². The van der Waals surface area contributed by atoms with Crippen molar-refractivity contribution in [1.82, 2.24) is 0 Å². The highest BCUT2D eigenvalue weighted by Gasteiger charge is 2.18. The first-order valence-electron chi connectivity index (χ1n) is 7.01. The van der Waals surface area contributed by atoms with E-state index in [1.807, 2.05) is 0 Å². The average molecular weight is 230 g/mol. The standard InChI is InChI=1S/C17H26/c1-4-7-12-15(6-3)17(11-5-2)16-13-9-8-10-14-16/h5,8-11,13-15,17H,4,6-7,12H2,1-3H3. The Hall–Kier alpha value is -1.04. The fraction of sp³-hybridized carbons (Fsp3) is 0.529. The number of benzene rings is 1. The molecule has 0 radical (unpaired) electrons. The summed E-state index contributed by atoms with van der Waals surface area (Å²) in [6.07, 6.45) is 9.83. The van der Waals surface area contributed by atoms with Crippen LogP contribution in [0.4, 0.5) is 0 Å². The minimum Gasteiger partial charge on any atom is -0.0910 e. The molecule has 0 saturated heterocycles. The molecule has 0 heterocycles. The van der Waals surface area contributed by atoms with Gasteiger partial charge in [-0.2, -0.15) is 0 Å². The second-order valence-electron chi connectivity index (χ2n) is 4.77. The largest absolute Gasteiger partial charge is 0.0910 e. The summed E-state index contributed by atoms with van der Waals surface area (Å²) in [7, 11) is 0. The lowest BCUT2D eigenvalue weighted by molar-refractivity contribution is 0.413. The van der Waals surface area contributed by atoms with Gasteiger partial charge >= 0.3 is 0 Å². The number of unbranched alkanes of at least 4 members (excludes halogenated alkanes) is 1. The lowest BCUT2D eigenvalue weighted by Gasteiger charge is -2.24. The summed E-state index contributed by atoms with van der Waals surface area (Å²) in [5, 5.41) is 0. The Bertz CT molecular complexity index is 310. The molecule has 94 valence electrons. The summed E-state index contributed by atoms with van der Waals surface area (Å²) in [5.41, 5.74) is 1.47. The summed E-state index contributed by atoms with van der Waals surface area (Å²) >= 11 is 0. The molecule has 1 aromatic rings. The lowest BCUT2D eigenvalue weighted by Crippen LogP contribution is -2.10. The zero-order chi connectivity index (χ0) is 12.5. The molecule has 0 aliphatic heterocycles. The molecule has 0 spiro atoms. The molecule has 0 amide bonds. The van der Waals surface area contributed by atoms with Gasteiger partial charge in [-0.1, -0.05) is 75.6 Å². The van der Waals surface area contributed by atoms with Crippen molar-refractivity contribution in [3.05, 3.63) is 48.0 Å². The summed E-state index contributed by atoms with van der Waals surface area (Å²) in [5.74, 6) is 1.38. The maximum atomic E-state index is 2.37. The van der Waals surface area contributed by atoms with E-state index < -0.39 is 0 Å². The van der Waals surface area contributed by atoms with Crippen LogP contribution in [0.15, 0.2) is 42.5 Å². The van der Waals surface area contributed by atoms with Crippen molar-refractivity contribution in [2.45, 2.75) is 52.4 Å². The predicted octanol–water partition coefficient (Wildman–Crippen LogP) is 5.56. The van der Waals surface area contributed by atoms with Crippen molar-refractivity contribution >= 4 is 0 Å². The molecule has 2 atom stereocenters. The zero-order valence-electron chi connectivity index (χ0n) is 11.5. The molecule has 0 aliphatic carbocycles. The normalized spacial score (nSPS) is 15.0. The maximum absolute atomic E-state index is 2.37. The van der Waals surface area contributed by atoms with Crippen molar-refractivity contribution in [1.29, 1.82) is 0 Å². The minimum absolute atomic E-state index is 0.595. The Labute approximate surface area is 107 Å². The molecular weight excluding hydrogens is 204 g/mol. The van der Waals surface area contributed by atoms with Crippen molar-refractivity contribution in [2.24, 2.45) is 5.92 Å². The van der Waals surface area contributed by atoms with E-state index in [0.717, 1.165) is 5.92 Å². The summed E-state index contributed by atoms with van der Waals surface area (Å²) in [6.45, 7) is 6.72. The van der Waals surface area contributed by atoms with Crippen molar-refractivity contribution in [3.8, 4) is 0 Å². The van der Waals surface area contributed by atoms with Crippen LogP contribution in [0.2, 0.25) is 0 Å². The lowest BCUT2D eigenvalue weighted by atomic mass is 9.81. The molecular formula is C17H26. The first-order valence-corrected chi connectivity index (χ1v) is 7.01. The third-order valence-corrected chi connectivity index (χ3v) is 3.54. The zero-order valence-corrected chi connectivity index (χ0v) is 11.5. The van der Waals surface area contributed by atoms with Crippen LogP contribution in [0.3, 0.4) is 0 Å². The molecule has 0 aliphatic rings. The molecule has 0 nitrogen and oxygen atoms in total. The third kappa shape index (κ3) is 4.38. The van der Waals surface area contributed by atoms with Crippen LogP contribution >= 0.6 is 0 Å². The van der Waals surface area contributed by atoms with Crippen LogP contribution in [0.1, 0.15) is 57.9 Å². The number of allylic oxidation sites excluding steroid dienone is 2. The second-order valence-corrected chi connectivity index (χ2v) is 4.77. The molecule has 0 aromatic heterocycles. The maximum Gasteiger partial charge on any atom is 0.00460 e. The van der Waals surface area contributed by atoms with E-state index in [1.165, 1.54) is 31.2 Å². The van der Waals surface area contributed by atoms with Crippen LogP contribution in [-0.2, 0) is 0 Å². The van der Waals surface area contributed by atoms with E-state index in [2.05, 4.69) is 63.3 Å². The molecule has 1 rings (SSSR count). The van der Waals surface area contributed by atoms with Gasteiger partial charge < -0.3 is 0 Å². The number of rotatable bonds is 7. The Morgan fingerprint density at radius 3 is 2.35 bits per heavy atom. The van der Waals surface area contributed by atoms with Crippen LogP contribution < -0.4 is 0 Å². The summed E-state index contributed by atoms with van der Waals surface area (Å²) in [4.78, 5) is 0. The van der Waals surface area contributed by atoms with Crippen LogP contribution in [-0.4, -0.2) is 0 Å². The van der Waals surface area contributed by atoms with Gasteiger partial charge in [-0.25, -0.2) is 0 Å². The van der Waals surface area contributed by atoms with E-state index in [0.29, 0.717) is 5.92 Å². The average Bonchev–Trinajstić information content (AvgIpc) is 2.39. The quantitative estimate of drug-likeness (QED) is 0.538. The monoisotopic (exact) mass is 230 g/mol. The van der Waals surface area contributed by atoms with E-state index in [-0.39, 0.29) is 0 Å². The van der Waals surface area contributed by atoms with Crippen LogP contribution in [0, 0.1) is 5.92 Å². The van der Waals surface area contributed by atoms with Crippen molar-refractivity contribution in [3.63, 3.8) is 0 Å². The van der Waals surface area contributed by atoms with Gasteiger partial charge in [-0.3, -0.25) is 0 Å². The molecule has 2 unspecified atom stereocenters. The molecule has 1 aromatic carbocycles. The number of hydrogen-bond donors (Lipinski definition) is 0. The van der Waals surface area contributed by atoms with Gasteiger partial charge in [0.25, 0.3) is 0 Å². The van der Waals surface area contributed by atoms with Crippen LogP contribution in [0.5, 0.6) is 0 Å². The molecule has 17 heavy (non-hydrogen) atoms. The van der Waals surface area contributed by atoms with E-state index in [1.54, 1.807) is 0 Å². The van der Waals surface area contributed by atoms with Gasteiger partial charge in [-0.05, 0) is 24.8 Å². The van der Waals surface area contributed by atoms with Gasteiger partial charge in [-0.15, -0.1) is 0 Å². The Morgan fingerprint density at radius 1 is 1.12 bits per heavy atom. The first kappa shape index (κ1) is 14.0. The fourth-order valence-electron chi connectivity index (χ4n) is 2.53. The molecule has 0 fully saturated rings. The van der Waals surface area contributed by atoms with Crippen molar-refractivity contribution in [2.75, 3.05) is 0 Å². The summed E-state index contributed by atoms with van der Waals surface area (Å²) in [6, 6.07) is 10.9. The first-order chi connectivity index (χ1) is 8.33. The fourth-order valence-corrected chi connectivity index (χ4v) is 2.53. The second kappa shape index (κ2) is 8.11. The van der Waals surface area contributed by atoms with Gasteiger partial charge in [0.1, 0.15) is 0 Å². The summed E-state index contributed by atoms with van der Waals surface area (Å²) < 4.78 is 0. The SMILES string of the molecule is CC=CC(c1ccccc1)C(CC)CCCC. The van der Waals surface area contributed by atoms with Gasteiger partial charge in [0.2, 0.25) is 0 Å². The third-order valence-electron chi connectivity index (χ3n) is 3.54. The Balaban J connectivity index is 2.83. The van der Waals surface area contributed by atoms with Crippen LogP contribution in [0.25, 0.3) is 0 Å². The highest BCUT2D eigenvalue weighted by molar-refractivity contribution is 5.24. The minimum atomic E-state index is 0.595. The molecule has 0 heteroatoms. The Morgan fingerprint density at radius 2 is 1.82 bits per heavy atom. The molecule has 0 bridgehead atoms. The van der Waals surface area contributed by atoms with E-state index >= 15 is 0 Å². The van der Waals surface area contributed by atoms with E-state index in [9.17, 15) is 0 Å². The van der Waals surface area contributed by atoms with Crippen molar-refractivity contribution < 1.29 is 0 Å².